The molecule has 1 heterocycles. The zero-order chi connectivity index (χ0) is 18.5. The number of hydrogen-bond acceptors (Lipinski definition) is 5. The predicted molar refractivity (Wildman–Crippen MR) is 107 cm³/mol. The van der Waals surface area contributed by atoms with Crippen LogP contribution in [0.3, 0.4) is 0 Å². The lowest BCUT2D eigenvalue weighted by Crippen LogP contribution is -2.17. The SMILES string of the molecule is COc1cc(Br)cc(CNn2c(C)n[nH]c2=S)c1OCc1ccccc1. The Kier molecular flexibility index (Phi) is 5.95. The molecule has 0 aliphatic rings. The molecule has 1 aromatic heterocycles. The van der Waals surface area contributed by atoms with Gasteiger partial charge in [-0.3, -0.25) is 5.10 Å². The highest BCUT2D eigenvalue weighted by Gasteiger charge is 2.14. The van der Waals surface area contributed by atoms with Crippen molar-refractivity contribution in [1.29, 1.82) is 0 Å². The highest BCUT2D eigenvalue weighted by molar-refractivity contribution is 9.10. The number of ether oxygens (including phenoxy) is 2. The van der Waals surface area contributed by atoms with E-state index in [-0.39, 0.29) is 0 Å². The molecule has 6 nitrogen and oxygen atoms in total. The van der Waals surface area contributed by atoms with Gasteiger partial charge in [0.1, 0.15) is 12.4 Å². The normalized spacial score (nSPS) is 10.6. The molecule has 0 saturated carbocycles. The summed E-state index contributed by atoms with van der Waals surface area (Å²) < 4.78 is 14.7. The molecule has 3 rings (SSSR count). The van der Waals surface area contributed by atoms with Gasteiger partial charge in [-0.05, 0) is 36.8 Å². The zero-order valence-corrected chi connectivity index (χ0v) is 16.9. The number of H-pyrrole nitrogens is 1. The van der Waals surface area contributed by atoms with E-state index in [4.69, 9.17) is 21.7 Å². The summed E-state index contributed by atoms with van der Waals surface area (Å²) in [6.45, 7) is 2.82. The third-order valence-corrected chi connectivity index (χ3v) is 4.54. The second-order valence-electron chi connectivity index (χ2n) is 5.62. The van der Waals surface area contributed by atoms with Crippen LogP contribution in [0.2, 0.25) is 0 Å². The number of methoxy groups -OCH3 is 1. The average Bonchev–Trinajstić information content (AvgIpc) is 2.97. The van der Waals surface area contributed by atoms with Crippen molar-refractivity contribution in [2.45, 2.75) is 20.1 Å². The summed E-state index contributed by atoms with van der Waals surface area (Å²) in [7, 11) is 1.63. The van der Waals surface area contributed by atoms with Gasteiger partial charge < -0.3 is 14.9 Å². The van der Waals surface area contributed by atoms with Crippen molar-refractivity contribution in [2.75, 3.05) is 12.5 Å². The number of benzene rings is 2. The van der Waals surface area contributed by atoms with Crippen LogP contribution in [0, 0.1) is 11.7 Å². The van der Waals surface area contributed by atoms with E-state index in [2.05, 4.69) is 31.6 Å². The largest absolute Gasteiger partial charge is 0.493 e. The van der Waals surface area contributed by atoms with Crippen molar-refractivity contribution in [3.63, 3.8) is 0 Å². The lowest BCUT2D eigenvalue weighted by Gasteiger charge is -2.17. The molecular weight excluding hydrogens is 416 g/mol. The van der Waals surface area contributed by atoms with E-state index in [1.54, 1.807) is 11.8 Å². The van der Waals surface area contributed by atoms with Gasteiger partial charge in [0.15, 0.2) is 11.5 Å². The molecule has 0 spiro atoms. The summed E-state index contributed by atoms with van der Waals surface area (Å²) >= 11 is 8.75. The number of halogens is 1. The molecule has 3 aromatic rings. The molecule has 0 saturated heterocycles. The molecule has 0 fully saturated rings. The Labute approximate surface area is 165 Å². The summed E-state index contributed by atoms with van der Waals surface area (Å²) in [5.74, 6) is 2.11. The fraction of sp³-hybridized carbons (Fsp3) is 0.222. The van der Waals surface area contributed by atoms with Gasteiger partial charge in [-0.15, -0.1) is 0 Å². The second kappa shape index (κ2) is 8.37. The van der Waals surface area contributed by atoms with Crippen LogP contribution in [0.15, 0.2) is 46.9 Å². The van der Waals surface area contributed by atoms with Crippen LogP contribution >= 0.6 is 28.1 Å². The standard InChI is InChI=1S/C18H19BrN4O2S/c1-12-21-22-18(26)23(12)20-10-14-8-15(19)9-16(24-2)17(14)25-11-13-6-4-3-5-7-13/h3-9,20H,10-11H2,1-2H3,(H,22,26). The average molecular weight is 435 g/mol. The van der Waals surface area contributed by atoms with E-state index >= 15 is 0 Å². The van der Waals surface area contributed by atoms with Crippen LogP contribution in [-0.4, -0.2) is 22.0 Å². The summed E-state index contributed by atoms with van der Waals surface area (Å²) in [6, 6.07) is 13.9. The minimum Gasteiger partial charge on any atom is -0.493 e. The molecule has 0 amide bonds. The molecular formula is C18H19BrN4O2S. The Morgan fingerprint density at radius 2 is 2.04 bits per heavy atom. The van der Waals surface area contributed by atoms with Gasteiger partial charge in [0.25, 0.3) is 0 Å². The van der Waals surface area contributed by atoms with Gasteiger partial charge in [0.2, 0.25) is 4.77 Å². The second-order valence-corrected chi connectivity index (χ2v) is 6.92. The van der Waals surface area contributed by atoms with E-state index in [0.29, 0.717) is 29.4 Å². The molecule has 26 heavy (non-hydrogen) atoms. The van der Waals surface area contributed by atoms with Gasteiger partial charge in [0, 0.05) is 10.0 Å². The number of nitrogens with zero attached hydrogens (tertiary/aromatic N) is 2. The topological polar surface area (TPSA) is 64.1 Å². The first-order valence-electron chi connectivity index (χ1n) is 7.99. The third kappa shape index (κ3) is 4.25. The smallest absolute Gasteiger partial charge is 0.214 e. The maximum Gasteiger partial charge on any atom is 0.214 e. The van der Waals surface area contributed by atoms with Crippen LogP contribution in [0.4, 0.5) is 0 Å². The molecule has 0 unspecified atom stereocenters. The van der Waals surface area contributed by atoms with Crippen molar-refractivity contribution in [3.8, 4) is 11.5 Å². The Morgan fingerprint density at radius 3 is 2.69 bits per heavy atom. The number of nitrogens with one attached hydrogen (secondary N) is 2. The molecule has 2 N–H and O–H groups in total. The van der Waals surface area contributed by atoms with Crippen molar-refractivity contribution in [2.24, 2.45) is 0 Å². The van der Waals surface area contributed by atoms with Crippen molar-refractivity contribution >= 4 is 28.1 Å². The molecule has 0 atom stereocenters. The quantitative estimate of drug-likeness (QED) is 0.541. The number of aryl methyl sites for hydroxylation is 1. The van der Waals surface area contributed by atoms with Gasteiger partial charge in [-0.2, -0.15) is 5.10 Å². The van der Waals surface area contributed by atoms with E-state index in [0.717, 1.165) is 21.4 Å². The summed E-state index contributed by atoms with van der Waals surface area (Å²) in [4.78, 5) is 0. The number of aromatic nitrogens is 3. The Morgan fingerprint density at radius 1 is 1.27 bits per heavy atom. The maximum absolute atomic E-state index is 6.09. The van der Waals surface area contributed by atoms with Crippen LogP contribution < -0.4 is 14.9 Å². The molecule has 2 aromatic carbocycles. The van der Waals surface area contributed by atoms with Gasteiger partial charge >= 0.3 is 0 Å². The van der Waals surface area contributed by atoms with Gasteiger partial charge in [-0.1, -0.05) is 46.3 Å². The summed E-state index contributed by atoms with van der Waals surface area (Å²) in [5, 5.41) is 6.85. The Balaban J connectivity index is 1.85. The van der Waals surface area contributed by atoms with Crippen LogP contribution in [0.1, 0.15) is 17.0 Å². The van der Waals surface area contributed by atoms with Gasteiger partial charge in [-0.25, -0.2) is 4.68 Å². The number of rotatable bonds is 7. The highest BCUT2D eigenvalue weighted by Crippen LogP contribution is 2.35. The maximum atomic E-state index is 6.09. The molecule has 0 aliphatic carbocycles. The molecule has 0 radical (unpaired) electrons. The molecule has 136 valence electrons. The number of hydrogen-bond donors (Lipinski definition) is 2. The summed E-state index contributed by atoms with van der Waals surface area (Å²) in [6.07, 6.45) is 0. The van der Waals surface area contributed by atoms with Crippen LogP contribution in [0.25, 0.3) is 0 Å². The van der Waals surface area contributed by atoms with Crippen molar-refractivity contribution < 1.29 is 9.47 Å². The molecule has 8 heteroatoms. The van der Waals surface area contributed by atoms with E-state index in [9.17, 15) is 0 Å². The minimum atomic E-state index is 0.454. The highest BCUT2D eigenvalue weighted by atomic mass is 79.9. The lowest BCUT2D eigenvalue weighted by molar-refractivity contribution is 0.281. The van der Waals surface area contributed by atoms with E-state index in [1.165, 1.54) is 0 Å². The Hall–Kier alpha value is -2.32. The van der Waals surface area contributed by atoms with Crippen molar-refractivity contribution in [3.05, 3.63) is 68.7 Å². The van der Waals surface area contributed by atoms with E-state index < -0.39 is 0 Å². The molecule has 0 bridgehead atoms. The first kappa shape index (κ1) is 18.5. The Bertz CT molecular complexity index is 940. The van der Waals surface area contributed by atoms with Crippen LogP contribution in [0.5, 0.6) is 11.5 Å². The lowest BCUT2D eigenvalue weighted by atomic mass is 10.2. The predicted octanol–water partition coefficient (Wildman–Crippen LogP) is 4.34. The van der Waals surface area contributed by atoms with Gasteiger partial charge in [0.05, 0.1) is 13.7 Å². The van der Waals surface area contributed by atoms with Crippen molar-refractivity contribution in [1.82, 2.24) is 14.9 Å². The van der Waals surface area contributed by atoms with E-state index in [1.807, 2.05) is 49.4 Å². The third-order valence-electron chi connectivity index (χ3n) is 3.81. The van der Waals surface area contributed by atoms with Crippen LogP contribution in [-0.2, 0) is 13.2 Å². The first-order valence-corrected chi connectivity index (χ1v) is 9.19. The minimum absolute atomic E-state index is 0.454. The monoisotopic (exact) mass is 434 g/mol. The fourth-order valence-corrected chi connectivity index (χ4v) is 3.25. The molecule has 0 aliphatic heterocycles. The first-order chi connectivity index (χ1) is 12.6. The zero-order valence-electron chi connectivity index (χ0n) is 14.5. The number of aromatic amines is 1. The summed E-state index contributed by atoms with van der Waals surface area (Å²) in [5.41, 5.74) is 5.28. The fourth-order valence-electron chi connectivity index (χ4n) is 2.53.